The van der Waals surface area contributed by atoms with E-state index in [0.29, 0.717) is 5.82 Å². The molecule has 0 bridgehead atoms. The van der Waals surface area contributed by atoms with Crippen LogP contribution >= 0.6 is 0 Å². The average molecular weight is 123 g/mol. The second-order valence-electron chi connectivity index (χ2n) is 1.56. The summed E-state index contributed by atoms with van der Waals surface area (Å²) in [5.74, 6) is 5.49. The lowest BCUT2D eigenvalue weighted by atomic mass is 10.5. The van der Waals surface area contributed by atoms with Crippen LogP contribution in [0.15, 0.2) is 24.4 Å². The molecule has 0 spiro atoms. The smallest absolute Gasteiger partial charge is 0.248 e. The van der Waals surface area contributed by atoms with Gasteiger partial charge in [0.25, 0.3) is 0 Å². The van der Waals surface area contributed by atoms with Crippen molar-refractivity contribution in [3.05, 3.63) is 24.4 Å². The summed E-state index contributed by atoms with van der Waals surface area (Å²) in [4.78, 5) is 4.51. The molecule has 3 N–H and O–H groups in total. The number of nitrogens with one attached hydrogen (secondary N) is 1. The minimum absolute atomic E-state index is 0.442. The number of hydrogen-bond acceptors (Lipinski definition) is 2. The van der Waals surface area contributed by atoms with Crippen molar-refractivity contribution in [3.8, 4) is 0 Å². The van der Waals surface area contributed by atoms with Gasteiger partial charge in [-0.1, -0.05) is 6.07 Å². The molecule has 0 amide bonds. The summed E-state index contributed by atoms with van der Waals surface area (Å²) in [5, 5.41) is 0. The SMILES string of the molecule is N=[N+](N)c1ccccn1. The van der Waals surface area contributed by atoms with Crippen molar-refractivity contribution in [1.29, 1.82) is 5.53 Å². The van der Waals surface area contributed by atoms with Crippen molar-refractivity contribution in [2.75, 3.05) is 0 Å². The highest BCUT2D eigenvalue weighted by atomic mass is 15.4. The van der Waals surface area contributed by atoms with E-state index in [0.717, 1.165) is 4.81 Å². The fourth-order valence-electron chi connectivity index (χ4n) is 0.496. The van der Waals surface area contributed by atoms with Crippen LogP contribution < -0.4 is 5.84 Å². The van der Waals surface area contributed by atoms with E-state index in [1.165, 1.54) is 0 Å². The van der Waals surface area contributed by atoms with Crippen LogP contribution in [0.25, 0.3) is 0 Å². The van der Waals surface area contributed by atoms with Gasteiger partial charge in [-0.15, -0.1) is 5.53 Å². The van der Waals surface area contributed by atoms with Gasteiger partial charge >= 0.3 is 5.82 Å². The molecule has 4 heteroatoms. The first kappa shape index (κ1) is 5.68. The molecule has 0 unspecified atom stereocenters. The number of aromatic nitrogens is 1. The summed E-state index contributed by atoms with van der Waals surface area (Å²) >= 11 is 0. The Labute approximate surface area is 52.4 Å². The number of rotatable bonds is 1. The molecule has 0 atom stereocenters. The second-order valence-corrected chi connectivity index (χ2v) is 1.56. The van der Waals surface area contributed by atoms with E-state index >= 15 is 0 Å². The quantitative estimate of drug-likeness (QED) is 0.249. The fraction of sp³-hybridized carbons (Fsp3) is 0. The highest BCUT2D eigenvalue weighted by Gasteiger charge is 2.00. The third-order valence-electron chi connectivity index (χ3n) is 0.896. The fourth-order valence-corrected chi connectivity index (χ4v) is 0.496. The maximum Gasteiger partial charge on any atom is 0.366 e. The lowest BCUT2D eigenvalue weighted by Crippen LogP contribution is -2.09. The van der Waals surface area contributed by atoms with Gasteiger partial charge in [0.05, 0.1) is 0 Å². The largest absolute Gasteiger partial charge is 0.366 e. The van der Waals surface area contributed by atoms with Gasteiger partial charge in [-0.2, -0.15) is 0 Å². The Morgan fingerprint density at radius 2 is 2.33 bits per heavy atom. The van der Waals surface area contributed by atoms with Gasteiger partial charge in [0, 0.05) is 6.07 Å². The molecule has 0 fully saturated rings. The molecule has 1 aromatic heterocycles. The molecule has 0 aliphatic carbocycles. The van der Waals surface area contributed by atoms with Crippen LogP contribution in [-0.4, -0.2) is 9.79 Å². The Hall–Kier alpha value is -1.45. The predicted molar refractivity (Wildman–Crippen MR) is 31.1 cm³/mol. The van der Waals surface area contributed by atoms with Gasteiger partial charge in [-0.3, -0.25) is 0 Å². The van der Waals surface area contributed by atoms with E-state index in [1.54, 1.807) is 24.4 Å². The maximum absolute atomic E-state index is 6.87. The number of pyridine rings is 1. The van der Waals surface area contributed by atoms with Crippen LogP contribution in [-0.2, 0) is 0 Å². The molecule has 0 radical (unpaired) electrons. The molecule has 0 aliphatic heterocycles. The van der Waals surface area contributed by atoms with Crippen molar-refractivity contribution in [1.82, 2.24) is 4.98 Å². The molecule has 1 rings (SSSR count). The molecule has 9 heavy (non-hydrogen) atoms. The Balaban J connectivity index is 2.98. The van der Waals surface area contributed by atoms with Crippen LogP contribution in [0.4, 0.5) is 5.82 Å². The van der Waals surface area contributed by atoms with Gasteiger partial charge in [0.2, 0.25) is 0 Å². The Morgan fingerprint density at radius 3 is 2.67 bits per heavy atom. The Kier molecular flexibility index (Phi) is 1.40. The molecule has 0 aliphatic rings. The normalized spacial score (nSPS) is 8.89. The number of nitrogens with two attached hydrogens (primary N) is 1. The Bertz CT molecular complexity index is 205. The van der Waals surface area contributed by atoms with E-state index < -0.39 is 0 Å². The molecule has 0 saturated carbocycles. The topological polar surface area (TPSA) is 65.8 Å². The molecular weight excluding hydrogens is 116 g/mol. The zero-order chi connectivity index (χ0) is 6.69. The highest BCUT2D eigenvalue weighted by Crippen LogP contribution is 1.99. The molecule has 0 saturated heterocycles. The number of hydrogen-bond donors (Lipinski definition) is 2. The van der Waals surface area contributed by atoms with Crippen LogP contribution in [0.3, 0.4) is 0 Å². The van der Waals surface area contributed by atoms with Crippen molar-refractivity contribution >= 4 is 5.82 Å². The molecule has 0 aromatic carbocycles. The highest BCUT2D eigenvalue weighted by molar-refractivity contribution is 5.15. The van der Waals surface area contributed by atoms with Gasteiger partial charge in [-0.05, 0) is 15.9 Å². The summed E-state index contributed by atoms with van der Waals surface area (Å²) in [7, 11) is 0. The van der Waals surface area contributed by atoms with E-state index in [-0.39, 0.29) is 0 Å². The van der Waals surface area contributed by atoms with Crippen molar-refractivity contribution in [2.45, 2.75) is 0 Å². The number of hydrazine groups is 1. The van der Waals surface area contributed by atoms with E-state index in [9.17, 15) is 0 Å². The first-order chi connectivity index (χ1) is 4.30. The maximum atomic E-state index is 6.87. The van der Waals surface area contributed by atoms with Gasteiger partial charge in [-0.25, -0.2) is 5.84 Å². The minimum atomic E-state index is 0.442. The van der Waals surface area contributed by atoms with E-state index in [1.807, 2.05) is 0 Å². The van der Waals surface area contributed by atoms with E-state index in [4.69, 9.17) is 11.4 Å². The monoisotopic (exact) mass is 123 g/mol. The van der Waals surface area contributed by atoms with Gasteiger partial charge < -0.3 is 0 Å². The molecule has 1 aromatic rings. The summed E-state index contributed by atoms with van der Waals surface area (Å²) < 4.78 is 0. The lowest BCUT2D eigenvalue weighted by Gasteiger charge is -1.83. The van der Waals surface area contributed by atoms with E-state index in [2.05, 4.69) is 4.98 Å². The second kappa shape index (κ2) is 2.21. The Morgan fingerprint density at radius 1 is 1.56 bits per heavy atom. The minimum Gasteiger partial charge on any atom is -0.248 e. The molecule has 4 nitrogen and oxygen atoms in total. The van der Waals surface area contributed by atoms with Crippen molar-refractivity contribution in [3.63, 3.8) is 0 Å². The first-order valence-corrected chi connectivity index (χ1v) is 2.48. The van der Waals surface area contributed by atoms with Crippen LogP contribution in [0.5, 0.6) is 0 Å². The van der Waals surface area contributed by atoms with Gasteiger partial charge in [0.1, 0.15) is 6.20 Å². The van der Waals surface area contributed by atoms with Crippen LogP contribution in [0.1, 0.15) is 0 Å². The first-order valence-electron chi connectivity index (χ1n) is 2.48. The lowest BCUT2D eigenvalue weighted by molar-refractivity contribution is -0.551. The molecule has 1 heterocycles. The predicted octanol–water partition coefficient (Wildman–Crippen LogP) is 0.630. The van der Waals surface area contributed by atoms with Crippen molar-refractivity contribution in [2.24, 2.45) is 5.84 Å². The average Bonchev–Trinajstić information content (AvgIpc) is 1.90. The summed E-state index contributed by atoms with van der Waals surface area (Å²) in [6.45, 7) is 0. The molecular formula is C5H7N4+. The summed E-state index contributed by atoms with van der Waals surface area (Å²) in [6.07, 6.45) is 1.59. The van der Waals surface area contributed by atoms with Crippen molar-refractivity contribution < 1.29 is 4.81 Å². The zero-order valence-electron chi connectivity index (χ0n) is 4.78. The third kappa shape index (κ3) is 1.22. The summed E-state index contributed by atoms with van der Waals surface area (Å²) in [5.41, 5.74) is 6.87. The third-order valence-corrected chi connectivity index (χ3v) is 0.896. The summed E-state index contributed by atoms with van der Waals surface area (Å²) in [6, 6.07) is 5.21. The number of nitrogens with zero attached hydrogens (tertiary/aromatic N) is 2. The van der Waals surface area contributed by atoms with Crippen LogP contribution in [0.2, 0.25) is 0 Å². The molecule has 46 valence electrons. The zero-order valence-corrected chi connectivity index (χ0v) is 4.78. The van der Waals surface area contributed by atoms with Crippen LogP contribution in [0, 0.1) is 5.53 Å². The van der Waals surface area contributed by atoms with Gasteiger partial charge in [0.15, 0.2) is 0 Å². The standard InChI is InChI=1S/C5H7N4/c6-9(7)5-3-1-2-4-8-5/h1-4H,(H3,6,7)/q+1.